The van der Waals surface area contributed by atoms with E-state index in [0.29, 0.717) is 26.2 Å². The molecule has 6 nitrogen and oxygen atoms in total. The predicted molar refractivity (Wildman–Crippen MR) is 88.7 cm³/mol. The number of rotatable bonds is 4. The second-order valence-electron chi connectivity index (χ2n) is 5.15. The summed E-state index contributed by atoms with van der Waals surface area (Å²) in [4.78, 5) is 13.1. The molecule has 0 unspecified atom stereocenters. The Morgan fingerprint density at radius 2 is 1.70 bits per heavy atom. The lowest BCUT2D eigenvalue weighted by atomic mass is 10.2. The van der Waals surface area contributed by atoms with E-state index < -0.39 is 16.0 Å². The lowest BCUT2D eigenvalue weighted by molar-refractivity contribution is 0.0698. The van der Waals surface area contributed by atoms with Crippen LogP contribution in [0.5, 0.6) is 0 Å². The molecule has 1 aliphatic heterocycles. The molecular weight excluding hydrogens is 336 g/mol. The highest BCUT2D eigenvalue weighted by Gasteiger charge is 2.32. The van der Waals surface area contributed by atoms with Crippen molar-refractivity contribution in [1.29, 1.82) is 0 Å². The van der Waals surface area contributed by atoms with Crippen molar-refractivity contribution in [3.05, 3.63) is 46.7 Å². The van der Waals surface area contributed by atoms with Gasteiger partial charge >= 0.3 is 5.97 Å². The van der Waals surface area contributed by atoms with Gasteiger partial charge in [-0.15, -0.1) is 11.3 Å². The molecule has 2 heterocycles. The predicted octanol–water partition coefficient (Wildman–Crippen LogP) is 1.96. The first kappa shape index (κ1) is 16.0. The highest BCUT2D eigenvalue weighted by atomic mass is 32.2. The second-order valence-corrected chi connectivity index (χ2v) is 7.97. The van der Waals surface area contributed by atoms with E-state index >= 15 is 0 Å². The van der Waals surface area contributed by atoms with Crippen molar-refractivity contribution < 1.29 is 18.3 Å². The molecule has 0 saturated carbocycles. The molecule has 2 aromatic rings. The minimum absolute atomic E-state index is 0.108. The maximum atomic E-state index is 12.7. The van der Waals surface area contributed by atoms with Crippen molar-refractivity contribution in [2.45, 2.75) is 4.90 Å². The van der Waals surface area contributed by atoms with E-state index in [-0.39, 0.29) is 9.77 Å². The minimum atomic E-state index is -3.76. The van der Waals surface area contributed by atoms with Crippen LogP contribution in [0, 0.1) is 0 Å². The molecule has 1 N–H and O–H groups in total. The summed E-state index contributed by atoms with van der Waals surface area (Å²) in [5, 5.41) is 10.6. The van der Waals surface area contributed by atoms with Crippen LogP contribution in [0.1, 0.15) is 9.67 Å². The number of sulfonamides is 1. The second kappa shape index (κ2) is 6.31. The number of carbonyl (C=O) groups is 1. The molecule has 1 fully saturated rings. The van der Waals surface area contributed by atoms with Gasteiger partial charge in [-0.1, -0.05) is 18.2 Å². The zero-order valence-corrected chi connectivity index (χ0v) is 13.9. The third kappa shape index (κ3) is 3.10. The van der Waals surface area contributed by atoms with E-state index in [1.807, 2.05) is 30.3 Å². The van der Waals surface area contributed by atoms with E-state index in [0.717, 1.165) is 17.0 Å². The molecule has 1 aromatic carbocycles. The number of carboxylic acid groups (broad SMARTS) is 1. The van der Waals surface area contributed by atoms with Gasteiger partial charge in [-0.25, -0.2) is 13.2 Å². The Labute approximate surface area is 138 Å². The van der Waals surface area contributed by atoms with Crippen LogP contribution in [0.25, 0.3) is 0 Å². The zero-order chi connectivity index (χ0) is 16.4. The number of piperazine rings is 1. The van der Waals surface area contributed by atoms with Gasteiger partial charge in [-0.3, -0.25) is 0 Å². The van der Waals surface area contributed by atoms with Crippen molar-refractivity contribution in [1.82, 2.24) is 4.31 Å². The molecule has 0 atom stereocenters. The molecule has 1 aliphatic rings. The van der Waals surface area contributed by atoms with Crippen LogP contribution in [-0.2, 0) is 10.0 Å². The summed E-state index contributed by atoms with van der Waals surface area (Å²) in [6, 6.07) is 11.2. The van der Waals surface area contributed by atoms with Gasteiger partial charge in [0.15, 0.2) is 0 Å². The molecule has 3 rings (SSSR count). The van der Waals surface area contributed by atoms with E-state index in [1.54, 1.807) is 0 Å². The Morgan fingerprint density at radius 1 is 1.04 bits per heavy atom. The summed E-state index contributed by atoms with van der Waals surface area (Å²) in [6.07, 6.45) is 0. The molecular formula is C15H16N2O4S2. The first-order chi connectivity index (χ1) is 11.0. The van der Waals surface area contributed by atoms with Gasteiger partial charge in [0.1, 0.15) is 9.77 Å². The van der Waals surface area contributed by atoms with Crippen molar-refractivity contribution in [3.63, 3.8) is 0 Å². The van der Waals surface area contributed by atoms with Gasteiger partial charge in [-0.2, -0.15) is 4.31 Å². The van der Waals surface area contributed by atoms with Gasteiger partial charge in [-0.05, 0) is 23.6 Å². The van der Waals surface area contributed by atoms with Crippen LogP contribution in [-0.4, -0.2) is 50.0 Å². The summed E-state index contributed by atoms with van der Waals surface area (Å²) in [7, 11) is -3.76. The number of hydrogen-bond donors (Lipinski definition) is 1. The Kier molecular flexibility index (Phi) is 4.38. The lowest BCUT2D eigenvalue weighted by Crippen LogP contribution is -2.48. The van der Waals surface area contributed by atoms with Gasteiger partial charge in [0.25, 0.3) is 0 Å². The highest BCUT2D eigenvalue weighted by Crippen LogP contribution is 2.26. The standard InChI is InChI=1S/C15H16N2O4S2/c18-15(19)14-13(6-11-22-14)23(20,21)17-9-7-16(8-10-17)12-4-2-1-3-5-12/h1-6,11H,7-10H2,(H,18,19). The Hall–Kier alpha value is -1.90. The van der Waals surface area contributed by atoms with Gasteiger partial charge in [0.2, 0.25) is 10.0 Å². The molecule has 122 valence electrons. The van der Waals surface area contributed by atoms with E-state index in [1.165, 1.54) is 15.8 Å². The van der Waals surface area contributed by atoms with Crippen molar-refractivity contribution in [2.24, 2.45) is 0 Å². The van der Waals surface area contributed by atoms with Crippen molar-refractivity contribution >= 4 is 33.0 Å². The average Bonchev–Trinajstić information content (AvgIpc) is 3.07. The fourth-order valence-electron chi connectivity index (χ4n) is 2.62. The number of carboxylic acids is 1. The number of benzene rings is 1. The summed E-state index contributed by atoms with van der Waals surface area (Å²) in [6.45, 7) is 1.84. The largest absolute Gasteiger partial charge is 0.477 e. The number of thiophene rings is 1. The third-order valence-electron chi connectivity index (χ3n) is 3.80. The Bertz CT molecular complexity index is 794. The van der Waals surface area contributed by atoms with Crippen molar-refractivity contribution in [2.75, 3.05) is 31.1 Å². The van der Waals surface area contributed by atoms with Gasteiger partial charge in [0.05, 0.1) is 0 Å². The lowest BCUT2D eigenvalue weighted by Gasteiger charge is -2.35. The first-order valence-electron chi connectivity index (χ1n) is 7.11. The molecule has 0 spiro atoms. The van der Waals surface area contributed by atoms with Gasteiger partial charge < -0.3 is 10.0 Å². The maximum absolute atomic E-state index is 12.7. The zero-order valence-electron chi connectivity index (χ0n) is 12.3. The molecule has 0 radical (unpaired) electrons. The molecule has 23 heavy (non-hydrogen) atoms. The molecule has 0 amide bonds. The highest BCUT2D eigenvalue weighted by molar-refractivity contribution is 7.89. The quantitative estimate of drug-likeness (QED) is 0.910. The number of aromatic carboxylic acids is 1. The SMILES string of the molecule is O=C(O)c1sccc1S(=O)(=O)N1CCN(c2ccccc2)CC1. The van der Waals surface area contributed by atoms with Crippen LogP contribution in [0.3, 0.4) is 0 Å². The first-order valence-corrected chi connectivity index (χ1v) is 9.43. The topological polar surface area (TPSA) is 77.9 Å². The molecule has 1 saturated heterocycles. The monoisotopic (exact) mass is 352 g/mol. The fraction of sp³-hybridized carbons (Fsp3) is 0.267. The van der Waals surface area contributed by atoms with Gasteiger partial charge in [0, 0.05) is 31.9 Å². The number of para-hydroxylation sites is 1. The van der Waals surface area contributed by atoms with E-state index in [2.05, 4.69) is 4.90 Å². The molecule has 1 aromatic heterocycles. The summed E-state index contributed by atoms with van der Waals surface area (Å²) < 4.78 is 26.7. The summed E-state index contributed by atoms with van der Waals surface area (Å²) >= 11 is 0.930. The smallest absolute Gasteiger partial charge is 0.347 e. The van der Waals surface area contributed by atoms with Crippen LogP contribution < -0.4 is 4.90 Å². The normalized spacial score (nSPS) is 16.4. The van der Waals surface area contributed by atoms with Crippen LogP contribution in [0.2, 0.25) is 0 Å². The number of anilines is 1. The maximum Gasteiger partial charge on any atom is 0.347 e. The fourth-order valence-corrected chi connectivity index (χ4v) is 5.28. The van der Waals surface area contributed by atoms with E-state index in [4.69, 9.17) is 5.11 Å². The number of nitrogens with zero attached hydrogens (tertiary/aromatic N) is 2. The number of hydrogen-bond acceptors (Lipinski definition) is 5. The van der Waals surface area contributed by atoms with Crippen LogP contribution >= 0.6 is 11.3 Å². The van der Waals surface area contributed by atoms with Crippen LogP contribution in [0.4, 0.5) is 5.69 Å². The molecule has 0 bridgehead atoms. The molecule has 0 aliphatic carbocycles. The average molecular weight is 352 g/mol. The third-order valence-corrected chi connectivity index (χ3v) is 6.77. The van der Waals surface area contributed by atoms with E-state index in [9.17, 15) is 13.2 Å². The summed E-state index contributed by atoms with van der Waals surface area (Å²) in [5.74, 6) is -1.21. The Morgan fingerprint density at radius 3 is 2.30 bits per heavy atom. The van der Waals surface area contributed by atoms with Crippen LogP contribution in [0.15, 0.2) is 46.7 Å². The molecule has 8 heteroatoms. The minimum Gasteiger partial charge on any atom is -0.477 e. The Balaban J connectivity index is 1.76. The summed E-state index contributed by atoms with van der Waals surface area (Å²) in [5.41, 5.74) is 1.06. The van der Waals surface area contributed by atoms with Crippen molar-refractivity contribution in [3.8, 4) is 0 Å².